The van der Waals surface area contributed by atoms with E-state index in [4.69, 9.17) is 15.9 Å². The molecule has 3 rings (SSSR count). The molecular formula is C21H19NO3. The first-order chi connectivity index (χ1) is 12.2. The Bertz CT molecular complexity index is 818. The van der Waals surface area contributed by atoms with E-state index >= 15 is 0 Å². The van der Waals surface area contributed by atoms with E-state index in [0.717, 1.165) is 22.6 Å². The topological polar surface area (TPSA) is 38.8 Å². The average molecular weight is 333 g/mol. The van der Waals surface area contributed by atoms with Gasteiger partial charge in [-0.3, -0.25) is 9.69 Å². The summed E-state index contributed by atoms with van der Waals surface area (Å²) in [7, 11) is 3.14. The summed E-state index contributed by atoms with van der Waals surface area (Å²) in [4.78, 5) is 14.1. The van der Waals surface area contributed by atoms with Crippen LogP contribution in [0.15, 0.2) is 60.7 Å². The third-order valence-corrected chi connectivity index (χ3v) is 4.27. The highest BCUT2D eigenvalue weighted by molar-refractivity contribution is 6.06. The van der Waals surface area contributed by atoms with Crippen molar-refractivity contribution in [3.05, 3.63) is 66.2 Å². The third kappa shape index (κ3) is 3.15. The zero-order chi connectivity index (χ0) is 17.8. The number of hydrogen-bond donors (Lipinski definition) is 0. The second kappa shape index (κ2) is 7.25. The van der Waals surface area contributed by atoms with Crippen LogP contribution in [0.2, 0.25) is 0 Å². The lowest BCUT2D eigenvalue weighted by Gasteiger charge is -2.44. The SMILES string of the molecule is C#C/C(=C\[C@H]1[C@@H](OC)C(=O)N1c1ccc(OC)cc1)c1ccccc1. The van der Waals surface area contributed by atoms with Crippen molar-refractivity contribution in [3.8, 4) is 18.1 Å². The summed E-state index contributed by atoms with van der Waals surface area (Å²) >= 11 is 0. The van der Waals surface area contributed by atoms with Crippen LogP contribution in [0.4, 0.5) is 5.69 Å². The van der Waals surface area contributed by atoms with Crippen LogP contribution < -0.4 is 9.64 Å². The van der Waals surface area contributed by atoms with Crippen molar-refractivity contribution in [1.29, 1.82) is 0 Å². The number of β-lactam (4-membered cyclic amide) rings is 1. The van der Waals surface area contributed by atoms with Crippen molar-refractivity contribution >= 4 is 17.2 Å². The molecule has 126 valence electrons. The van der Waals surface area contributed by atoms with Gasteiger partial charge in [0.25, 0.3) is 5.91 Å². The van der Waals surface area contributed by atoms with Crippen LogP contribution >= 0.6 is 0 Å². The van der Waals surface area contributed by atoms with E-state index in [1.54, 1.807) is 12.0 Å². The van der Waals surface area contributed by atoms with Gasteiger partial charge in [-0.1, -0.05) is 36.3 Å². The lowest BCUT2D eigenvalue weighted by Crippen LogP contribution is -2.65. The monoisotopic (exact) mass is 333 g/mol. The van der Waals surface area contributed by atoms with Crippen LogP contribution in [0.3, 0.4) is 0 Å². The highest BCUT2D eigenvalue weighted by Crippen LogP contribution is 2.33. The summed E-state index contributed by atoms with van der Waals surface area (Å²) in [6, 6.07) is 16.8. The molecule has 1 amide bonds. The van der Waals surface area contributed by atoms with Gasteiger partial charge < -0.3 is 9.47 Å². The van der Waals surface area contributed by atoms with E-state index in [1.165, 1.54) is 7.11 Å². The molecule has 4 heteroatoms. The standard InChI is InChI=1S/C21H19NO3/c1-4-15(16-8-6-5-7-9-16)14-19-20(25-3)21(23)22(19)17-10-12-18(24-2)13-11-17/h1,5-14,19-20H,2-3H3/b15-14+/t19-,20+/m0/s1. The van der Waals surface area contributed by atoms with Crippen LogP contribution in [0, 0.1) is 12.3 Å². The fraction of sp³-hybridized carbons (Fsp3) is 0.190. The van der Waals surface area contributed by atoms with Gasteiger partial charge in [0.2, 0.25) is 0 Å². The molecule has 2 aromatic carbocycles. The molecule has 0 bridgehead atoms. The summed E-state index contributed by atoms with van der Waals surface area (Å²) in [6.45, 7) is 0. The Morgan fingerprint density at radius 3 is 2.36 bits per heavy atom. The molecule has 1 aliphatic heterocycles. The van der Waals surface area contributed by atoms with Crippen molar-refractivity contribution < 1.29 is 14.3 Å². The summed E-state index contributed by atoms with van der Waals surface area (Å²) in [5, 5.41) is 0. The molecule has 2 aromatic rings. The number of terminal acetylenes is 1. The number of carbonyl (C=O) groups excluding carboxylic acids is 1. The van der Waals surface area contributed by atoms with E-state index < -0.39 is 6.10 Å². The minimum absolute atomic E-state index is 0.0849. The molecule has 0 aliphatic carbocycles. The largest absolute Gasteiger partial charge is 0.497 e. The van der Waals surface area contributed by atoms with Crippen molar-refractivity contribution in [2.75, 3.05) is 19.1 Å². The number of ether oxygens (including phenoxy) is 2. The van der Waals surface area contributed by atoms with Gasteiger partial charge in [-0.2, -0.15) is 0 Å². The van der Waals surface area contributed by atoms with Crippen LogP contribution in [-0.4, -0.2) is 32.3 Å². The number of amides is 1. The summed E-state index contributed by atoms with van der Waals surface area (Å²) in [6.07, 6.45) is 7.08. The van der Waals surface area contributed by atoms with Crippen LogP contribution in [0.25, 0.3) is 5.57 Å². The summed E-state index contributed by atoms with van der Waals surface area (Å²) in [5.74, 6) is 3.37. The zero-order valence-electron chi connectivity index (χ0n) is 14.2. The van der Waals surface area contributed by atoms with Crippen LogP contribution in [0.1, 0.15) is 5.56 Å². The maximum atomic E-state index is 12.5. The molecular weight excluding hydrogens is 314 g/mol. The number of rotatable bonds is 5. The first-order valence-electron chi connectivity index (χ1n) is 7.93. The molecule has 1 aliphatic rings. The number of hydrogen-bond acceptors (Lipinski definition) is 3. The molecule has 25 heavy (non-hydrogen) atoms. The van der Waals surface area contributed by atoms with Gasteiger partial charge in [0, 0.05) is 18.4 Å². The predicted octanol–water partition coefficient (Wildman–Crippen LogP) is 3.14. The zero-order valence-corrected chi connectivity index (χ0v) is 14.2. The molecule has 1 heterocycles. The second-order valence-corrected chi connectivity index (χ2v) is 5.64. The Hall–Kier alpha value is -3.03. The molecule has 2 atom stereocenters. The second-order valence-electron chi connectivity index (χ2n) is 5.64. The minimum Gasteiger partial charge on any atom is -0.497 e. The van der Waals surface area contributed by atoms with Gasteiger partial charge in [0.15, 0.2) is 6.10 Å². The molecule has 4 nitrogen and oxygen atoms in total. The Labute approximate surface area is 147 Å². The number of methoxy groups -OCH3 is 2. The normalized spacial score (nSPS) is 20.0. The Morgan fingerprint density at radius 2 is 1.80 bits per heavy atom. The molecule has 0 saturated carbocycles. The summed E-state index contributed by atoms with van der Waals surface area (Å²) < 4.78 is 10.5. The van der Waals surface area contributed by atoms with E-state index in [0.29, 0.717) is 0 Å². The predicted molar refractivity (Wildman–Crippen MR) is 98.3 cm³/mol. The molecule has 0 unspecified atom stereocenters. The highest BCUT2D eigenvalue weighted by Gasteiger charge is 2.47. The quantitative estimate of drug-likeness (QED) is 0.623. The van der Waals surface area contributed by atoms with Crippen molar-refractivity contribution in [2.45, 2.75) is 12.1 Å². The first-order valence-corrected chi connectivity index (χ1v) is 7.93. The Balaban J connectivity index is 1.94. The number of anilines is 1. The van der Waals surface area contributed by atoms with Crippen molar-refractivity contribution in [3.63, 3.8) is 0 Å². The average Bonchev–Trinajstić information content (AvgIpc) is 2.66. The number of nitrogens with zero attached hydrogens (tertiary/aromatic N) is 1. The molecule has 0 radical (unpaired) electrons. The molecule has 0 N–H and O–H groups in total. The third-order valence-electron chi connectivity index (χ3n) is 4.27. The lowest BCUT2D eigenvalue weighted by atomic mass is 9.92. The van der Waals surface area contributed by atoms with E-state index in [9.17, 15) is 4.79 Å². The molecule has 0 spiro atoms. The first kappa shape index (κ1) is 16.8. The van der Waals surface area contributed by atoms with Gasteiger partial charge in [-0.15, -0.1) is 6.42 Å². The van der Waals surface area contributed by atoms with Gasteiger partial charge in [0.05, 0.1) is 13.2 Å². The van der Waals surface area contributed by atoms with Crippen molar-refractivity contribution in [1.82, 2.24) is 0 Å². The number of benzene rings is 2. The highest BCUT2D eigenvalue weighted by atomic mass is 16.5. The van der Waals surface area contributed by atoms with Crippen molar-refractivity contribution in [2.24, 2.45) is 0 Å². The molecule has 1 saturated heterocycles. The fourth-order valence-electron chi connectivity index (χ4n) is 2.94. The lowest BCUT2D eigenvalue weighted by molar-refractivity contribution is -0.137. The van der Waals surface area contributed by atoms with Gasteiger partial charge >= 0.3 is 0 Å². The van der Waals surface area contributed by atoms with Gasteiger partial charge in [-0.05, 0) is 35.9 Å². The summed E-state index contributed by atoms with van der Waals surface area (Å²) in [5.41, 5.74) is 2.46. The van der Waals surface area contributed by atoms with Gasteiger partial charge in [0.1, 0.15) is 5.75 Å². The van der Waals surface area contributed by atoms with E-state index in [1.807, 2.05) is 60.7 Å². The number of allylic oxidation sites excluding steroid dienone is 1. The minimum atomic E-state index is -0.533. The van der Waals surface area contributed by atoms with Crippen LogP contribution in [-0.2, 0) is 9.53 Å². The fourth-order valence-corrected chi connectivity index (χ4v) is 2.94. The van der Waals surface area contributed by atoms with Gasteiger partial charge in [-0.25, -0.2) is 0 Å². The van der Waals surface area contributed by atoms with E-state index in [-0.39, 0.29) is 11.9 Å². The Morgan fingerprint density at radius 1 is 1.12 bits per heavy atom. The maximum absolute atomic E-state index is 12.5. The molecule has 0 aromatic heterocycles. The smallest absolute Gasteiger partial charge is 0.259 e. The maximum Gasteiger partial charge on any atom is 0.259 e. The molecule has 1 fully saturated rings. The van der Waals surface area contributed by atoms with E-state index in [2.05, 4.69) is 5.92 Å². The van der Waals surface area contributed by atoms with Crippen LogP contribution in [0.5, 0.6) is 5.75 Å². The Kier molecular flexibility index (Phi) is 4.87. The number of carbonyl (C=O) groups is 1.